The molecule has 2 aromatic heterocycles. The van der Waals surface area contributed by atoms with Crippen LogP contribution in [0.15, 0.2) is 231 Å². The van der Waals surface area contributed by atoms with Gasteiger partial charge in [0, 0.05) is 27.1 Å². The van der Waals surface area contributed by atoms with E-state index >= 15 is 13.2 Å². The molecule has 0 aliphatic heterocycles. The summed E-state index contributed by atoms with van der Waals surface area (Å²) >= 11 is 0. The fourth-order valence-corrected chi connectivity index (χ4v) is 9.96. The quantitative estimate of drug-likeness (QED) is 0.157. The topological polar surface area (TPSA) is 33.6 Å². The Kier molecular flexibility index (Phi) is 9.67. The summed E-state index contributed by atoms with van der Waals surface area (Å²) in [6, 6.07) is 76.8. The van der Waals surface area contributed by atoms with Gasteiger partial charge in [-0.2, -0.15) is 18.4 Å². The smallest absolute Gasteiger partial charge is 0.309 e. The number of nitrogens with zero attached hydrogens (tertiary/aromatic N) is 3. The van der Waals surface area contributed by atoms with Crippen molar-refractivity contribution < 1.29 is 13.2 Å². The molecule has 0 spiro atoms. The van der Waals surface area contributed by atoms with Crippen molar-refractivity contribution in [3.63, 3.8) is 0 Å². The zero-order chi connectivity index (χ0) is 45.9. The largest absolute Gasteiger partial charge is 0.418 e. The first-order valence-electron chi connectivity index (χ1n) is 22.5. The zero-order valence-electron chi connectivity index (χ0n) is 36.4. The minimum absolute atomic E-state index is 0.0234. The SMILES string of the molecule is N#Cc1cccc(-c2cc(-n3c4cc(-c5ccccc5)ccc4c4ccc(-c5ccccc5)cc43)c(C(F)(F)F)cc2-n2c3cc(-c4ccccc4)ccc3c3ccc(-c4ccccc4)cc32)c1. The molecule has 0 N–H and O–H groups in total. The molecule has 12 rings (SSSR count). The van der Waals surface area contributed by atoms with E-state index < -0.39 is 11.7 Å². The molecule has 2 heterocycles. The lowest BCUT2D eigenvalue weighted by Crippen LogP contribution is -2.13. The van der Waals surface area contributed by atoms with Crippen LogP contribution in [0.25, 0.3) is 111 Å². The van der Waals surface area contributed by atoms with Crippen LogP contribution < -0.4 is 0 Å². The molecule has 0 fully saturated rings. The van der Waals surface area contributed by atoms with E-state index in [1.165, 1.54) is 6.07 Å². The summed E-state index contributed by atoms with van der Waals surface area (Å²) in [5.41, 5.74) is 11.3. The second kappa shape index (κ2) is 16.2. The van der Waals surface area contributed by atoms with Crippen LogP contribution in [0.1, 0.15) is 11.1 Å². The van der Waals surface area contributed by atoms with Crippen molar-refractivity contribution in [3.05, 3.63) is 242 Å². The maximum absolute atomic E-state index is 16.5. The number of hydrogen-bond acceptors (Lipinski definition) is 1. The van der Waals surface area contributed by atoms with E-state index in [2.05, 4.69) is 42.5 Å². The summed E-state index contributed by atoms with van der Waals surface area (Å²) in [7, 11) is 0. The summed E-state index contributed by atoms with van der Waals surface area (Å²) in [6.45, 7) is 0. The van der Waals surface area contributed by atoms with Crippen LogP contribution in [0.3, 0.4) is 0 Å². The Hall–Kier alpha value is -8.92. The van der Waals surface area contributed by atoms with Crippen molar-refractivity contribution in [1.82, 2.24) is 9.13 Å². The highest BCUT2D eigenvalue weighted by Crippen LogP contribution is 2.47. The van der Waals surface area contributed by atoms with Gasteiger partial charge in [0.25, 0.3) is 0 Å². The highest BCUT2D eigenvalue weighted by Gasteiger charge is 2.37. The van der Waals surface area contributed by atoms with Gasteiger partial charge < -0.3 is 9.13 Å². The van der Waals surface area contributed by atoms with E-state index in [0.717, 1.165) is 77.1 Å². The second-order valence-corrected chi connectivity index (χ2v) is 17.1. The summed E-state index contributed by atoms with van der Waals surface area (Å²) in [6.07, 6.45) is -4.81. The lowest BCUT2D eigenvalue weighted by atomic mass is 9.97. The van der Waals surface area contributed by atoms with Crippen LogP contribution in [-0.4, -0.2) is 9.13 Å². The van der Waals surface area contributed by atoms with Gasteiger partial charge in [0.2, 0.25) is 0 Å². The molecule has 0 amide bonds. The van der Waals surface area contributed by atoms with Gasteiger partial charge >= 0.3 is 6.18 Å². The molecule has 0 saturated carbocycles. The number of halogens is 3. The number of hydrogen-bond donors (Lipinski definition) is 0. The molecule has 0 bridgehead atoms. The Balaban J connectivity index is 1.23. The van der Waals surface area contributed by atoms with Gasteiger partial charge in [0.1, 0.15) is 0 Å². The number of aromatic nitrogens is 2. The predicted molar refractivity (Wildman–Crippen MR) is 272 cm³/mol. The average Bonchev–Trinajstić information content (AvgIpc) is 3.90. The van der Waals surface area contributed by atoms with Crippen LogP contribution in [0.2, 0.25) is 0 Å². The van der Waals surface area contributed by atoms with Gasteiger partial charge in [-0.1, -0.05) is 182 Å². The van der Waals surface area contributed by atoms with E-state index in [1.807, 2.05) is 168 Å². The average molecular weight is 882 g/mol. The fraction of sp³-hybridized carbons (Fsp3) is 0.0161. The van der Waals surface area contributed by atoms with Crippen LogP contribution >= 0.6 is 0 Å². The van der Waals surface area contributed by atoms with Crippen molar-refractivity contribution in [2.24, 2.45) is 0 Å². The molecule has 322 valence electrons. The first kappa shape index (κ1) is 40.6. The Bertz CT molecular complexity index is 3740. The van der Waals surface area contributed by atoms with Crippen LogP contribution in [0.5, 0.6) is 0 Å². The molecule has 10 aromatic carbocycles. The van der Waals surface area contributed by atoms with Crippen LogP contribution in [0.4, 0.5) is 13.2 Å². The van der Waals surface area contributed by atoms with Gasteiger partial charge in [-0.15, -0.1) is 0 Å². The molecule has 0 aliphatic rings. The third kappa shape index (κ3) is 6.92. The van der Waals surface area contributed by atoms with E-state index in [-0.39, 0.29) is 5.69 Å². The molecule has 0 radical (unpaired) electrons. The Morgan fingerprint density at radius 1 is 0.324 bits per heavy atom. The van der Waals surface area contributed by atoms with E-state index in [4.69, 9.17) is 0 Å². The molecule has 6 heteroatoms. The van der Waals surface area contributed by atoms with Crippen molar-refractivity contribution in [2.45, 2.75) is 6.18 Å². The van der Waals surface area contributed by atoms with Gasteiger partial charge in [0.05, 0.1) is 50.6 Å². The van der Waals surface area contributed by atoms with Gasteiger partial charge in [-0.05, 0) is 98.6 Å². The molecule has 0 unspecified atom stereocenters. The van der Waals surface area contributed by atoms with Crippen molar-refractivity contribution in [2.75, 3.05) is 0 Å². The first-order chi connectivity index (χ1) is 33.3. The third-order valence-corrected chi connectivity index (χ3v) is 13.2. The second-order valence-electron chi connectivity index (χ2n) is 17.1. The maximum Gasteiger partial charge on any atom is 0.418 e. The molecule has 3 nitrogen and oxygen atoms in total. The van der Waals surface area contributed by atoms with E-state index in [9.17, 15) is 5.26 Å². The number of fused-ring (bicyclic) bond motifs is 6. The minimum atomic E-state index is -4.81. The van der Waals surface area contributed by atoms with Gasteiger partial charge in [-0.25, -0.2) is 0 Å². The predicted octanol–water partition coefficient (Wildman–Crippen LogP) is 17.1. The standard InChI is InChI=1S/C62H38F3N3/c63-62(64,65)55-38-60(67-56-33-45(41-15-5-1-6-16-41)24-28-50(56)51-29-25-46(34-57(51)67)42-17-7-2-8-18-42)54(49-23-13-14-40(32-49)39-66)37-61(55)68-58-35-47(43-19-9-3-10-20-43)26-30-52(58)53-31-27-48(36-59(53)68)44-21-11-4-12-22-44/h1-38H. The lowest BCUT2D eigenvalue weighted by molar-refractivity contribution is -0.137. The number of benzene rings is 10. The van der Waals surface area contributed by atoms with Gasteiger partial charge in [0.15, 0.2) is 0 Å². The lowest BCUT2D eigenvalue weighted by Gasteiger charge is -2.22. The summed E-state index contributed by atoms with van der Waals surface area (Å²) in [5.74, 6) is 0. The highest BCUT2D eigenvalue weighted by molar-refractivity contribution is 6.13. The summed E-state index contributed by atoms with van der Waals surface area (Å²) in [5, 5.41) is 13.7. The summed E-state index contributed by atoms with van der Waals surface area (Å²) in [4.78, 5) is 0. The normalized spacial score (nSPS) is 11.7. The van der Waals surface area contributed by atoms with E-state index in [0.29, 0.717) is 33.4 Å². The van der Waals surface area contributed by atoms with Crippen molar-refractivity contribution in [3.8, 4) is 73.1 Å². The Morgan fingerprint density at radius 2 is 0.676 bits per heavy atom. The summed E-state index contributed by atoms with van der Waals surface area (Å²) < 4.78 is 53.4. The monoisotopic (exact) mass is 881 g/mol. The third-order valence-electron chi connectivity index (χ3n) is 13.2. The molecule has 0 atom stereocenters. The molecule has 0 saturated heterocycles. The van der Waals surface area contributed by atoms with E-state index in [1.54, 1.807) is 28.8 Å². The van der Waals surface area contributed by atoms with Crippen LogP contribution in [-0.2, 0) is 6.18 Å². The molecular weight excluding hydrogens is 844 g/mol. The number of alkyl halides is 3. The Morgan fingerprint density at radius 3 is 1.03 bits per heavy atom. The van der Waals surface area contributed by atoms with Crippen molar-refractivity contribution in [1.29, 1.82) is 5.26 Å². The van der Waals surface area contributed by atoms with Crippen molar-refractivity contribution >= 4 is 43.6 Å². The fourth-order valence-electron chi connectivity index (χ4n) is 9.96. The zero-order valence-corrected chi connectivity index (χ0v) is 36.4. The Labute approximate surface area is 390 Å². The minimum Gasteiger partial charge on any atom is -0.309 e. The molecule has 0 aliphatic carbocycles. The van der Waals surface area contributed by atoms with Crippen LogP contribution in [0, 0.1) is 11.3 Å². The number of rotatable bonds is 7. The van der Waals surface area contributed by atoms with Gasteiger partial charge in [-0.3, -0.25) is 0 Å². The maximum atomic E-state index is 16.5. The molecule has 68 heavy (non-hydrogen) atoms. The molecule has 12 aromatic rings. The highest BCUT2D eigenvalue weighted by atomic mass is 19.4. The molecular formula is C62H38F3N3. The number of nitriles is 1. The first-order valence-corrected chi connectivity index (χ1v) is 22.5.